The molecule has 2 spiro atoms. The second-order valence-electron chi connectivity index (χ2n) is 15.6. The van der Waals surface area contributed by atoms with Crippen molar-refractivity contribution in [2.24, 2.45) is 45.3 Å². The molecule has 1 aliphatic heterocycles. The summed E-state index contributed by atoms with van der Waals surface area (Å²) in [4.78, 5) is 14.1. The van der Waals surface area contributed by atoms with Crippen LogP contribution in [0.25, 0.3) is 0 Å². The number of nitrogens with zero attached hydrogens (tertiary/aromatic N) is 1. The van der Waals surface area contributed by atoms with Crippen LogP contribution in [0.15, 0.2) is 0 Å². The van der Waals surface area contributed by atoms with Crippen LogP contribution in [0.2, 0.25) is 0 Å². The number of hydrogen-bond donors (Lipinski definition) is 2. The second-order valence-corrected chi connectivity index (χ2v) is 15.6. The van der Waals surface area contributed by atoms with Gasteiger partial charge in [-0.25, -0.2) is 0 Å². The first-order valence-corrected chi connectivity index (χ1v) is 15.0. The van der Waals surface area contributed by atoms with Gasteiger partial charge in [0.1, 0.15) is 0 Å². The molecule has 5 nitrogen and oxygen atoms in total. The summed E-state index contributed by atoms with van der Waals surface area (Å²) in [7, 11) is 0. The zero-order valence-electron chi connectivity index (χ0n) is 23.7. The van der Waals surface area contributed by atoms with Crippen LogP contribution in [0.3, 0.4) is 0 Å². The van der Waals surface area contributed by atoms with Gasteiger partial charge in [0.05, 0.1) is 23.9 Å². The fraction of sp³-hybridized carbons (Fsp3) is 0.968. The first kappa shape index (κ1) is 25.6. The van der Waals surface area contributed by atoms with E-state index in [0.717, 1.165) is 24.7 Å². The predicted octanol–water partition coefficient (Wildman–Crippen LogP) is 5.17. The van der Waals surface area contributed by atoms with E-state index in [4.69, 9.17) is 4.74 Å². The summed E-state index contributed by atoms with van der Waals surface area (Å²) in [6.45, 7) is 13.4. The predicted molar refractivity (Wildman–Crippen MR) is 140 cm³/mol. The average Bonchev–Trinajstić information content (AvgIpc) is 3.36. The average molecular weight is 502 g/mol. The van der Waals surface area contributed by atoms with Crippen LogP contribution in [-0.4, -0.2) is 58.0 Å². The highest BCUT2D eigenvalue weighted by Crippen LogP contribution is 2.87. The van der Waals surface area contributed by atoms with Crippen molar-refractivity contribution in [3.63, 3.8) is 0 Å². The molecule has 5 aliphatic carbocycles. The largest absolute Gasteiger partial charge is 0.393 e. The molecule has 0 aromatic carbocycles. The fourth-order valence-electron chi connectivity index (χ4n) is 11.5. The minimum Gasteiger partial charge on any atom is -0.393 e. The SMILES string of the molecule is CC(=O)N(CC1CCC2C(CC3C4CCC5C(C)(C)[C@@H](O)CCC56C[C@@]46CC[C@]23C)O1)CC(C)(C)O. The topological polar surface area (TPSA) is 70.0 Å². The lowest BCUT2D eigenvalue weighted by Gasteiger charge is -2.59. The van der Waals surface area contributed by atoms with E-state index < -0.39 is 5.60 Å². The Morgan fingerprint density at radius 2 is 1.69 bits per heavy atom. The number of carbonyl (C=O) groups excluding carboxylic acids is 1. The third-order valence-corrected chi connectivity index (χ3v) is 13.1. The molecule has 7 unspecified atom stereocenters. The minimum atomic E-state index is -0.893. The third-order valence-electron chi connectivity index (χ3n) is 13.1. The summed E-state index contributed by atoms with van der Waals surface area (Å²) in [5.74, 6) is 2.94. The standard InChI is InChI=1S/C31H51NO4/c1-19(33)32(18-27(2,3)35)16-20-7-8-22-24(36-20)15-23-21-9-10-25-28(4,5)26(34)11-12-31(25)17-30(21,31)14-13-29(22,23)6/h20-26,34-35H,7-18H2,1-6H3/t20?,21?,22?,23?,24?,25?,26-,29+,30-,31?/m0/s1. The van der Waals surface area contributed by atoms with Gasteiger partial charge in [-0.05, 0) is 123 Å². The summed E-state index contributed by atoms with van der Waals surface area (Å²) in [5, 5.41) is 21.2. The van der Waals surface area contributed by atoms with Crippen LogP contribution in [0.1, 0.15) is 106 Å². The molecule has 1 saturated heterocycles. The molecule has 0 aromatic rings. The van der Waals surface area contributed by atoms with Crippen LogP contribution >= 0.6 is 0 Å². The van der Waals surface area contributed by atoms with Gasteiger partial charge in [0.15, 0.2) is 0 Å². The number of carbonyl (C=O) groups is 1. The molecule has 36 heavy (non-hydrogen) atoms. The van der Waals surface area contributed by atoms with Crippen molar-refractivity contribution < 1.29 is 19.7 Å². The number of amides is 1. The van der Waals surface area contributed by atoms with Gasteiger partial charge in [-0.2, -0.15) is 0 Å². The quantitative estimate of drug-likeness (QED) is 0.557. The number of fused-ring (bicyclic) bond motifs is 4. The first-order chi connectivity index (χ1) is 16.7. The van der Waals surface area contributed by atoms with E-state index in [9.17, 15) is 15.0 Å². The van der Waals surface area contributed by atoms with Gasteiger partial charge >= 0.3 is 0 Å². The van der Waals surface area contributed by atoms with Gasteiger partial charge in [0.25, 0.3) is 0 Å². The van der Waals surface area contributed by atoms with Crippen LogP contribution in [0, 0.1) is 45.3 Å². The van der Waals surface area contributed by atoms with E-state index in [-0.39, 0.29) is 23.5 Å². The molecule has 1 amide bonds. The molecule has 0 radical (unpaired) electrons. The molecule has 0 aromatic heterocycles. The summed E-state index contributed by atoms with van der Waals surface area (Å²) in [6.07, 6.45) is 12.7. The Morgan fingerprint density at radius 1 is 0.972 bits per heavy atom. The van der Waals surface area contributed by atoms with Gasteiger partial charge < -0.3 is 19.8 Å². The van der Waals surface area contributed by atoms with Crippen molar-refractivity contribution in [1.29, 1.82) is 0 Å². The molecule has 204 valence electrons. The van der Waals surface area contributed by atoms with Crippen molar-refractivity contribution in [1.82, 2.24) is 4.90 Å². The Morgan fingerprint density at radius 3 is 2.39 bits per heavy atom. The minimum absolute atomic E-state index is 0.0214. The van der Waals surface area contributed by atoms with Gasteiger partial charge in [-0.3, -0.25) is 4.79 Å². The molecular formula is C31H51NO4. The molecule has 2 N–H and O–H groups in total. The Kier molecular flexibility index (Phi) is 5.65. The summed E-state index contributed by atoms with van der Waals surface area (Å²) < 4.78 is 6.83. The highest BCUT2D eigenvalue weighted by atomic mass is 16.5. The van der Waals surface area contributed by atoms with Crippen molar-refractivity contribution in [2.75, 3.05) is 13.1 Å². The monoisotopic (exact) mass is 501 g/mol. The molecule has 6 rings (SSSR count). The Hall–Kier alpha value is -0.650. The maximum atomic E-state index is 12.3. The number of aliphatic hydroxyl groups is 2. The van der Waals surface area contributed by atoms with Crippen molar-refractivity contribution in [2.45, 2.75) is 130 Å². The van der Waals surface area contributed by atoms with Gasteiger partial charge in [-0.15, -0.1) is 0 Å². The maximum Gasteiger partial charge on any atom is 0.219 e. The van der Waals surface area contributed by atoms with E-state index in [2.05, 4.69) is 20.8 Å². The normalized spacial score (nSPS) is 50.7. The van der Waals surface area contributed by atoms with E-state index >= 15 is 0 Å². The molecule has 5 heteroatoms. The highest BCUT2D eigenvalue weighted by Gasteiger charge is 2.80. The molecule has 6 aliphatic rings. The number of aliphatic hydroxyl groups excluding tert-OH is 1. The second kappa shape index (κ2) is 7.94. The Balaban J connectivity index is 1.19. The summed E-state index contributed by atoms with van der Waals surface area (Å²) >= 11 is 0. The zero-order valence-corrected chi connectivity index (χ0v) is 23.7. The summed E-state index contributed by atoms with van der Waals surface area (Å²) in [6, 6.07) is 0. The van der Waals surface area contributed by atoms with Crippen LogP contribution in [0.5, 0.6) is 0 Å². The van der Waals surface area contributed by atoms with Crippen LogP contribution in [0.4, 0.5) is 0 Å². The van der Waals surface area contributed by atoms with E-state index in [1.807, 2.05) is 0 Å². The molecule has 6 fully saturated rings. The molecule has 1 heterocycles. The molecule has 10 atom stereocenters. The summed E-state index contributed by atoms with van der Waals surface area (Å²) in [5.41, 5.74) is 0.576. The van der Waals surface area contributed by atoms with Gasteiger partial charge in [0, 0.05) is 20.0 Å². The Bertz CT molecular complexity index is 911. The van der Waals surface area contributed by atoms with Crippen molar-refractivity contribution in [3.8, 4) is 0 Å². The first-order valence-electron chi connectivity index (χ1n) is 15.0. The lowest BCUT2D eigenvalue weighted by Crippen LogP contribution is -2.54. The number of hydrogen-bond acceptors (Lipinski definition) is 4. The van der Waals surface area contributed by atoms with Crippen LogP contribution in [-0.2, 0) is 9.53 Å². The molecule has 0 bridgehead atoms. The fourth-order valence-corrected chi connectivity index (χ4v) is 11.5. The van der Waals surface area contributed by atoms with Gasteiger partial charge in [0.2, 0.25) is 5.91 Å². The van der Waals surface area contributed by atoms with Crippen molar-refractivity contribution >= 4 is 5.91 Å². The van der Waals surface area contributed by atoms with Crippen LogP contribution < -0.4 is 0 Å². The van der Waals surface area contributed by atoms with E-state index in [0.29, 0.717) is 47.3 Å². The third kappa shape index (κ3) is 3.47. The Labute approximate surface area is 218 Å². The van der Waals surface area contributed by atoms with Crippen molar-refractivity contribution in [3.05, 3.63) is 0 Å². The number of ether oxygens (including phenoxy) is 1. The van der Waals surface area contributed by atoms with Gasteiger partial charge in [-0.1, -0.05) is 20.8 Å². The zero-order chi connectivity index (χ0) is 25.9. The smallest absolute Gasteiger partial charge is 0.219 e. The van der Waals surface area contributed by atoms with E-state index in [1.54, 1.807) is 25.7 Å². The number of rotatable bonds is 4. The maximum absolute atomic E-state index is 12.3. The lowest BCUT2D eigenvalue weighted by atomic mass is 9.46. The molecule has 5 saturated carbocycles. The van der Waals surface area contributed by atoms with E-state index in [1.165, 1.54) is 51.4 Å². The highest BCUT2D eigenvalue weighted by molar-refractivity contribution is 5.73. The molecular weight excluding hydrogens is 450 g/mol. The lowest BCUT2D eigenvalue weighted by molar-refractivity contribution is -0.142.